The number of amides is 1. The first-order chi connectivity index (χ1) is 9.96. The van der Waals surface area contributed by atoms with Crippen molar-refractivity contribution in [2.24, 2.45) is 0 Å². The van der Waals surface area contributed by atoms with Crippen molar-refractivity contribution in [1.29, 1.82) is 0 Å². The van der Waals surface area contributed by atoms with Crippen LogP contribution in [0.15, 0.2) is 24.3 Å². The molecule has 6 nitrogen and oxygen atoms in total. The van der Waals surface area contributed by atoms with E-state index in [4.69, 9.17) is 14.6 Å². The van der Waals surface area contributed by atoms with Gasteiger partial charge in [-0.25, -0.2) is 4.79 Å². The van der Waals surface area contributed by atoms with Crippen LogP contribution in [0.4, 0.5) is 4.79 Å². The van der Waals surface area contributed by atoms with Gasteiger partial charge in [0.05, 0.1) is 19.2 Å². The molecule has 0 aliphatic carbocycles. The molecular formula is C15H19NO5. The maximum atomic E-state index is 12.0. The Morgan fingerprint density at radius 3 is 2.86 bits per heavy atom. The topological polar surface area (TPSA) is 76.1 Å². The van der Waals surface area contributed by atoms with Crippen molar-refractivity contribution in [2.75, 3.05) is 13.7 Å². The van der Waals surface area contributed by atoms with E-state index in [0.29, 0.717) is 18.7 Å². The van der Waals surface area contributed by atoms with E-state index in [1.165, 1.54) is 0 Å². The zero-order valence-electron chi connectivity index (χ0n) is 12.2. The molecule has 0 bridgehead atoms. The van der Waals surface area contributed by atoms with E-state index < -0.39 is 17.6 Å². The number of cyclic esters (lactones) is 1. The molecule has 0 saturated carbocycles. The van der Waals surface area contributed by atoms with E-state index in [-0.39, 0.29) is 13.0 Å². The summed E-state index contributed by atoms with van der Waals surface area (Å²) < 4.78 is 10.4. The second-order valence-electron chi connectivity index (χ2n) is 5.34. The van der Waals surface area contributed by atoms with Crippen molar-refractivity contribution in [1.82, 2.24) is 4.90 Å². The number of aliphatic carboxylic acids is 1. The molecule has 1 aromatic rings. The molecule has 114 valence electrons. The number of para-hydroxylation sites is 1. The highest BCUT2D eigenvalue weighted by Crippen LogP contribution is 2.32. The van der Waals surface area contributed by atoms with Crippen LogP contribution in [0.5, 0.6) is 5.75 Å². The summed E-state index contributed by atoms with van der Waals surface area (Å²) in [6.45, 7) is 2.38. The molecule has 1 fully saturated rings. The summed E-state index contributed by atoms with van der Waals surface area (Å²) in [5.74, 6) is -0.189. The summed E-state index contributed by atoms with van der Waals surface area (Å²) in [6, 6.07) is 7.43. The summed E-state index contributed by atoms with van der Waals surface area (Å²) in [7, 11) is 1.57. The van der Waals surface area contributed by atoms with Crippen LogP contribution in [-0.2, 0) is 16.1 Å². The van der Waals surface area contributed by atoms with E-state index >= 15 is 0 Å². The lowest BCUT2D eigenvalue weighted by Crippen LogP contribution is -2.44. The Hall–Kier alpha value is -2.24. The number of benzene rings is 1. The molecule has 0 spiro atoms. The molecule has 1 amide bonds. The molecule has 1 aliphatic rings. The van der Waals surface area contributed by atoms with E-state index in [2.05, 4.69) is 0 Å². The van der Waals surface area contributed by atoms with Crippen molar-refractivity contribution >= 4 is 12.1 Å². The lowest BCUT2D eigenvalue weighted by atomic mass is 9.95. The second-order valence-corrected chi connectivity index (χ2v) is 5.34. The van der Waals surface area contributed by atoms with Gasteiger partial charge in [-0.1, -0.05) is 18.2 Å². The molecule has 0 aromatic heterocycles. The number of carboxylic acids is 1. The van der Waals surface area contributed by atoms with Crippen molar-refractivity contribution in [3.63, 3.8) is 0 Å². The maximum absolute atomic E-state index is 12.0. The first-order valence-corrected chi connectivity index (χ1v) is 6.74. The predicted octanol–water partition coefficient (Wildman–Crippen LogP) is 2.27. The highest BCUT2D eigenvalue weighted by atomic mass is 16.6. The maximum Gasteiger partial charge on any atom is 0.410 e. The fraction of sp³-hybridized carbons (Fsp3) is 0.467. The smallest absolute Gasteiger partial charge is 0.410 e. The average Bonchev–Trinajstić information content (AvgIpc) is 2.75. The third-order valence-corrected chi connectivity index (χ3v) is 3.78. The Bertz CT molecular complexity index is 545. The Balaban J connectivity index is 2.18. The van der Waals surface area contributed by atoms with Crippen LogP contribution in [0.3, 0.4) is 0 Å². The third kappa shape index (κ3) is 3.26. The molecule has 0 radical (unpaired) electrons. The molecule has 1 aromatic carbocycles. The van der Waals surface area contributed by atoms with E-state index in [9.17, 15) is 9.59 Å². The normalized spacial score (nSPS) is 21.2. The second kappa shape index (κ2) is 6.03. The minimum atomic E-state index is -0.882. The van der Waals surface area contributed by atoms with Gasteiger partial charge in [0, 0.05) is 12.0 Å². The zero-order chi connectivity index (χ0) is 15.5. The van der Waals surface area contributed by atoms with Gasteiger partial charge in [-0.3, -0.25) is 9.69 Å². The predicted molar refractivity (Wildman–Crippen MR) is 75.2 cm³/mol. The molecule has 6 heteroatoms. The standard InChI is InChI=1S/C15H19NO5/c1-15(8-7-13(17)18)10-21-14(19)16(15)9-11-5-3-4-6-12(11)20-2/h3-6H,7-10H2,1-2H3,(H,17,18). The van der Waals surface area contributed by atoms with Crippen LogP contribution in [0.2, 0.25) is 0 Å². The highest BCUT2D eigenvalue weighted by molar-refractivity contribution is 5.72. The third-order valence-electron chi connectivity index (χ3n) is 3.78. The Morgan fingerprint density at radius 1 is 1.48 bits per heavy atom. The van der Waals surface area contributed by atoms with Crippen LogP contribution < -0.4 is 4.74 Å². The summed E-state index contributed by atoms with van der Waals surface area (Å²) in [6.07, 6.45) is -0.0764. The number of ether oxygens (including phenoxy) is 2. The molecule has 2 rings (SSSR count). The Morgan fingerprint density at radius 2 is 2.19 bits per heavy atom. The molecule has 21 heavy (non-hydrogen) atoms. The van der Waals surface area contributed by atoms with Gasteiger partial charge in [0.2, 0.25) is 0 Å². The van der Waals surface area contributed by atoms with Crippen LogP contribution in [-0.4, -0.2) is 41.3 Å². The summed E-state index contributed by atoms with van der Waals surface area (Å²) in [4.78, 5) is 24.3. The van der Waals surface area contributed by atoms with Gasteiger partial charge in [-0.15, -0.1) is 0 Å². The van der Waals surface area contributed by atoms with Gasteiger partial charge in [-0.2, -0.15) is 0 Å². The molecule has 1 heterocycles. The number of rotatable bonds is 6. The van der Waals surface area contributed by atoms with Crippen LogP contribution in [0.25, 0.3) is 0 Å². The van der Waals surface area contributed by atoms with Crippen molar-refractivity contribution in [3.8, 4) is 5.75 Å². The number of nitrogens with zero attached hydrogens (tertiary/aromatic N) is 1. The fourth-order valence-corrected chi connectivity index (χ4v) is 2.44. The van der Waals surface area contributed by atoms with Crippen LogP contribution >= 0.6 is 0 Å². The van der Waals surface area contributed by atoms with Gasteiger partial charge in [-0.05, 0) is 19.4 Å². The van der Waals surface area contributed by atoms with Gasteiger partial charge in [0.15, 0.2) is 0 Å². The summed E-state index contributed by atoms with van der Waals surface area (Å²) in [5.41, 5.74) is 0.247. The molecular weight excluding hydrogens is 274 g/mol. The lowest BCUT2D eigenvalue weighted by Gasteiger charge is -2.31. The van der Waals surface area contributed by atoms with E-state index in [1.807, 2.05) is 31.2 Å². The van der Waals surface area contributed by atoms with Gasteiger partial charge >= 0.3 is 12.1 Å². The van der Waals surface area contributed by atoms with Crippen LogP contribution in [0, 0.1) is 0 Å². The molecule has 1 atom stereocenters. The minimum absolute atomic E-state index is 0.00440. The number of hydrogen-bond acceptors (Lipinski definition) is 4. The molecule has 1 N–H and O–H groups in total. The largest absolute Gasteiger partial charge is 0.496 e. The number of hydrogen-bond donors (Lipinski definition) is 1. The van der Waals surface area contributed by atoms with Crippen molar-refractivity contribution < 1.29 is 24.2 Å². The Labute approximate surface area is 123 Å². The minimum Gasteiger partial charge on any atom is -0.496 e. The first kappa shape index (κ1) is 15.2. The quantitative estimate of drug-likeness (QED) is 0.870. The number of methoxy groups -OCH3 is 1. The fourth-order valence-electron chi connectivity index (χ4n) is 2.44. The monoisotopic (exact) mass is 293 g/mol. The highest BCUT2D eigenvalue weighted by Gasteiger charge is 2.43. The van der Waals surface area contributed by atoms with Crippen LogP contribution in [0.1, 0.15) is 25.3 Å². The molecule has 1 saturated heterocycles. The molecule has 1 aliphatic heterocycles. The first-order valence-electron chi connectivity index (χ1n) is 6.74. The number of carbonyl (C=O) groups is 2. The molecule has 1 unspecified atom stereocenters. The average molecular weight is 293 g/mol. The van der Waals surface area contributed by atoms with E-state index in [1.54, 1.807) is 12.0 Å². The van der Waals surface area contributed by atoms with Crippen molar-refractivity contribution in [3.05, 3.63) is 29.8 Å². The van der Waals surface area contributed by atoms with Gasteiger partial charge in [0.25, 0.3) is 0 Å². The summed E-state index contributed by atoms with van der Waals surface area (Å²) >= 11 is 0. The lowest BCUT2D eigenvalue weighted by molar-refractivity contribution is -0.137. The summed E-state index contributed by atoms with van der Waals surface area (Å²) in [5, 5.41) is 8.85. The van der Waals surface area contributed by atoms with Gasteiger partial charge < -0.3 is 14.6 Å². The van der Waals surface area contributed by atoms with E-state index in [0.717, 1.165) is 5.56 Å². The SMILES string of the molecule is COc1ccccc1CN1C(=O)OCC1(C)CCC(=O)O. The zero-order valence-corrected chi connectivity index (χ0v) is 12.2. The number of carbonyl (C=O) groups excluding carboxylic acids is 1. The van der Waals surface area contributed by atoms with Crippen molar-refractivity contribution in [2.45, 2.75) is 31.8 Å². The number of carboxylic acid groups (broad SMARTS) is 1. The van der Waals surface area contributed by atoms with Gasteiger partial charge in [0.1, 0.15) is 12.4 Å². The Kier molecular flexibility index (Phi) is 4.35.